The number of nitrogens with zero attached hydrogens (tertiary/aromatic N) is 5. The van der Waals surface area contributed by atoms with E-state index < -0.39 is 21.4 Å². The van der Waals surface area contributed by atoms with Gasteiger partial charge in [-0.15, -0.1) is 10.2 Å². The van der Waals surface area contributed by atoms with Crippen LogP contribution in [-0.2, 0) is 14.8 Å². The lowest BCUT2D eigenvalue weighted by Crippen LogP contribution is -2.33. The van der Waals surface area contributed by atoms with Gasteiger partial charge < -0.3 is 14.2 Å². The van der Waals surface area contributed by atoms with Crippen molar-refractivity contribution in [2.75, 3.05) is 26.1 Å². The summed E-state index contributed by atoms with van der Waals surface area (Å²) in [7, 11) is 0.381. The summed E-state index contributed by atoms with van der Waals surface area (Å²) in [5, 5.41) is 7.48. The summed E-state index contributed by atoms with van der Waals surface area (Å²) in [4.78, 5) is 8.57. The van der Waals surface area contributed by atoms with E-state index in [1.54, 1.807) is 48.9 Å². The Bertz CT molecular complexity index is 1510. The summed E-state index contributed by atoms with van der Waals surface area (Å²) < 4.78 is 49.0. The largest absolute Gasteiger partial charge is 0.494 e. The molecule has 2 atom stereocenters. The number of nitrogens with one attached hydrogen (secondary N) is 1. The smallest absolute Gasteiger partial charge is 0.243 e. The average Bonchev–Trinajstić information content (AvgIpc) is 3.31. The van der Waals surface area contributed by atoms with Gasteiger partial charge in [-0.2, -0.15) is 0 Å². The van der Waals surface area contributed by atoms with Crippen LogP contribution in [0.3, 0.4) is 0 Å². The first-order valence-corrected chi connectivity index (χ1v) is 13.8. The minimum absolute atomic E-state index is 0.0604. The average molecular weight is 603 g/mol. The highest BCUT2D eigenvalue weighted by atomic mass is 79.9. The highest BCUT2D eigenvalue weighted by Gasteiger charge is 2.34. The Morgan fingerprint density at radius 1 is 1.00 bits per heavy atom. The molecule has 0 spiro atoms. The Labute approximate surface area is 229 Å². The number of aromatic nitrogens is 5. The molecule has 0 saturated carbocycles. The molecular formula is C25H27BrN6O5S. The lowest BCUT2D eigenvalue weighted by atomic mass is 10.2. The number of para-hydroxylation sites is 1. The first-order valence-electron chi connectivity index (χ1n) is 11.4. The fourth-order valence-corrected chi connectivity index (χ4v) is 5.35. The Hall–Kier alpha value is -3.55. The molecule has 0 aliphatic carbocycles. The molecule has 13 heteroatoms. The van der Waals surface area contributed by atoms with Gasteiger partial charge in [0.2, 0.25) is 16.0 Å². The van der Waals surface area contributed by atoms with Crippen molar-refractivity contribution in [3.05, 3.63) is 70.7 Å². The van der Waals surface area contributed by atoms with Crippen LogP contribution < -0.4 is 14.2 Å². The van der Waals surface area contributed by atoms with Crippen LogP contribution in [0.2, 0.25) is 0 Å². The number of anilines is 1. The second kappa shape index (κ2) is 11.5. The first-order chi connectivity index (χ1) is 18.2. The van der Waals surface area contributed by atoms with Crippen molar-refractivity contribution in [3.8, 4) is 28.6 Å². The zero-order valence-electron chi connectivity index (χ0n) is 21.4. The predicted molar refractivity (Wildman–Crippen MR) is 146 cm³/mol. The molecule has 0 aliphatic rings. The quantitative estimate of drug-likeness (QED) is 0.282. The maximum atomic E-state index is 13.6. The van der Waals surface area contributed by atoms with Gasteiger partial charge >= 0.3 is 0 Å². The normalized spacial score (nSPS) is 13.1. The number of rotatable bonds is 10. The second-order valence-corrected chi connectivity index (χ2v) is 11.3. The molecule has 200 valence electrons. The van der Waals surface area contributed by atoms with Crippen molar-refractivity contribution in [1.29, 1.82) is 0 Å². The SMILES string of the molecule is COc1cccc(OC)c1-n1c(NS(=O)(=O)[C@H](C)[C@H](OC)c2ccc(Br)cn2)nnc1-c1cncc(C)c1. The summed E-state index contributed by atoms with van der Waals surface area (Å²) in [6.07, 6.45) is 4.07. The van der Waals surface area contributed by atoms with Crippen molar-refractivity contribution in [3.63, 3.8) is 0 Å². The summed E-state index contributed by atoms with van der Waals surface area (Å²) in [5.74, 6) is 1.13. The lowest BCUT2D eigenvalue weighted by molar-refractivity contribution is 0.0989. The number of benzene rings is 1. The molecule has 0 saturated heterocycles. The first kappa shape index (κ1) is 27.5. The van der Waals surface area contributed by atoms with Gasteiger partial charge in [-0.3, -0.25) is 19.3 Å². The Morgan fingerprint density at radius 3 is 2.29 bits per heavy atom. The minimum Gasteiger partial charge on any atom is -0.494 e. The summed E-state index contributed by atoms with van der Waals surface area (Å²) >= 11 is 3.34. The third-order valence-electron chi connectivity index (χ3n) is 5.87. The molecule has 4 rings (SSSR count). The molecule has 0 radical (unpaired) electrons. The molecule has 0 bridgehead atoms. The minimum atomic E-state index is -4.08. The third-order valence-corrected chi connectivity index (χ3v) is 8.03. The van der Waals surface area contributed by atoms with Gasteiger partial charge in [0, 0.05) is 35.7 Å². The van der Waals surface area contributed by atoms with Crippen LogP contribution in [0.25, 0.3) is 17.1 Å². The second-order valence-electron chi connectivity index (χ2n) is 8.35. The van der Waals surface area contributed by atoms with Crippen LogP contribution in [0.15, 0.2) is 59.5 Å². The van der Waals surface area contributed by atoms with Gasteiger partial charge in [-0.05, 0) is 65.7 Å². The van der Waals surface area contributed by atoms with Crippen LogP contribution >= 0.6 is 15.9 Å². The fraction of sp³-hybridized carbons (Fsp3) is 0.280. The highest BCUT2D eigenvalue weighted by molar-refractivity contribution is 9.10. The van der Waals surface area contributed by atoms with Crippen molar-refractivity contribution >= 4 is 31.9 Å². The Kier molecular flexibility index (Phi) is 8.29. The van der Waals surface area contributed by atoms with Gasteiger partial charge in [0.25, 0.3) is 0 Å². The van der Waals surface area contributed by atoms with Crippen molar-refractivity contribution in [2.45, 2.75) is 25.2 Å². The molecule has 3 heterocycles. The standard InChI is InChI=1S/C25H27BrN6O5S/c1-15-11-17(13-27-12-15)24-29-30-25(32(24)22-20(35-3)7-6-8-21(22)36-4)31-38(33,34)16(2)23(37-5)19-10-9-18(26)14-28-19/h6-14,16,23H,1-5H3,(H,30,31)/t16-,23+/m1/s1. The van der Waals surface area contributed by atoms with E-state index >= 15 is 0 Å². The lowest BCUT2D eigenvalue weighted by Gasteiger charge is -2.23. The zero-order chi connectivity index (χ0) is 27.4. The molecule has 3 aromatic heterocycles. The van der Waals surface area contributed by atoms with E-state index in [0.717, 1.165) is 10.0 Å². The number of ether oxygens (including phenoxy) is 3. The Morgan fingerprint density at radius 2 is 1.71 bits per heavy atom. The molecule has 0 amide bonds. The van der Waals surface area contributed by atoms with Gasteiger partial charge in [0.1, 0.15) is 28.5 Å². The van der Waals surface area contributed by atoms with E-state index in [1.165, 1.54) is 32.8 Å². The molecular weight excluding hydrogens is 576 g/mol. The van der Waals surface area contributed by atoms with E-state index in [-0.39, 0.29) is 5.95 Å². The maximum absolute atomic E-state index is 13.6. The number of sulfonamides is 1. The van der Waals surface area contributed by atoms with Gasteiger partial charge in [-0.25, -0.2) is 8.42 Å². The maximum Gasteiger partial charge on any atom is 0.243 e. The Balaban J connectivity index is 1.84. The zero-order valence-corrected chi connectivity index (χ0v) is 23.8. The van der Waals surface area contributed by atoms with Crippen LogP contribution in [-0.4, -0.2) is 59.7 Å². The molecule has 38 heavy (non-hydrogen) atoms. The van der Waals surface area contributed by atoms with Gasteiger partial charge in [0.15, 0.2) is 5.82 Å². The summed E-state index contributed by atoms with van der Waals surface area (Å²) in [6, 6.07) is 10.6. The van der Waals surface area contributed by atoms with Gasteiger partial charge in [-0.1, -0.05) is 6.07 Å². The van der Waals surface area contributed by atoms with E-state index in [1.807, 2.05) is 13.0 Å². The van der Waals surface area contributed by atoms with Crippen LogP contribution in [0.5, 0.6) is 11.5 Å². The topological polar surface area (TPSA) is 130 Å². The molecule has 11 nitrogen and oxygen atoms in total. The van der Waals surface area contributed by atoms with E-state index in [2.05, 4.69) is 40.8 Å². The number of aryl methyl sites for hydroxylation is 1. The van der Waals surface area contributed by atoms with Crippen molar-refractivity contribution < 1.29 is 22.6 Å². The van der Waals surface area contributed by atoms with E-state index in [0.29, 0.717) is 34.3 Å². The predicted octanol–water partition coefficient (Wildman–Crippen LogP) is 4.33. The number of hydrogen-bond acceptors (Lipinski definition) is 9. The monoisotopic (exact) mass is 602 g/mol. The van der Waals surface area contributed by atoms with Crippen LogP contribution in [0, 0.1) is 6.92 Å². The van der Waals surface area contributed by atoms with E-state index in [4.69, 9.17) is 14.2 Å². The van der Waals surface area contributed by atoms with Crippen LogP contribution in [0.4, 0.5) is 5.95 Å². The van der Waals surface area contributed by atoms with Crippen LogP contribution in [0.1, 0.15) is 24.3 Å². The number of methoxy groups -OCH3 is 3. The third kappa shape index (κ3) is 5.49. The molecule has 0 fully saturated rings. The molecule has 1 N–H and O–H groups in total. The number of halogens is 1. The highest BCUT2D eigenvalue weighted by Crippen LogP contribution is 2.38. The van der Waals surface area contributed by atoms with Gasteiger partial charge in [0.05, 0.1) is 19.9 Å². The summed E-state index contributed by atoms with van der Waals surface area (Å²) in [6.45, 7) is 3.43. The number of hydrogen-bond donors (Lipinski definition) is 1. The summed E-state index contributed by atoms with van der Waals surface area (Å²) in [5.41, 5.74) is 2.40. The van der Waals surface area contributed by atoms with Crippen molar-refractivity contribution in [2.24, 2.45) is 0 Å². The molecule has 1 aromatic carbocycles. The molecule has 4 aromatic rings. The molecule has 0 aliphatic heterocycles. The number of pyridine rings is 2. The molecule has 0 unspecified atom stereocenters. The van der Waals surface area contributed by atoms with E-state index in [9.17, 15) is 8.42 Å². The fourth-order valence-electron chi connectivity index (χ4n) is 3.97. The van der Waals surface area contributed by atoms with Crippen molar-refractivity contribution in [1.82, 2.24) is 24.7 Å².